The molecule has 0 radical (unpaired) electrons. The number of primary amides is 1. The fourth-order valence-corrected chi connectivity index (χ4v) is 5.26. The Kier molecular flexibility index (Phi) is 8.24. The summed E-state index contributed by atoms with van der Waals surface area (Å²) in [6, 6.07) is 8.79. The summed E-state index contributed by atoms with van der Waals surface area (Å²) >= 11 is 5.91. The minimum atomic E-state index is -2.95. The molecule has 0 spiro atoms. The number of benzene rings is 2. The van der Waals surface area contributed by atoms with Crippen molar-refractivity contribution in [1.29, 1.82) is 0 Å². The summed E-state index contributed by atoms with van der Waals surface area (Å²) in [5.74, 6) is -1.36. The van der Waals surface area contributed by atoms with Gasteiger partial charge in [0.25, 0.3) is 5.91 Å². The molecule has 0 saturated heterocycles. The van der Waals surface area contributed by atoms with Crippen LogP contribution in [0.25, 0.3) is 11.3 Å². The molecule has 2 amide bonds. The summed E-state index contributed by atoms with van der Waals surface area (Å²) in [6.07, 6.45) is 2.66. The van der Waals surface area contributed by atoms with Gasteiger partial charge in [0.1, 0.15) is 35.0 Å². The van der Waals surface area contributed by atoms with Crippen LogP contribution in [0.3, 0.4) is 0 Å². The second-order valence-electron chi connectivity index (χ2n) is 10.8. The van der Waals surface area contributed by atoms with Gasteiger partial charge in [-0.05, 0) is 56.0 Å². The van der Waals surface area contributed by atoms with Gasteiger partial charge in [0.05, 0.1) is 17.8 Å². The second kappa shape index (κ2) is 11.8. The number of hydrogen-bond donors (Lipinski definition) is 3. The number of fused-ring (bicyclic) bond motifs is 1. The molecule has 5 N–H and O–H groups in total. The molecule has 2 atom stereocenters. The van der Waals surface area contributed by atoms with Crippen LogP contribution in [0.2, 0.25) is 5.02 Å². The number of hydrogen-bond acceptors (Lipinski definition) is 7. The maximum Gasteiger partial charge on any atom is 0.331 e. The Hall–Kier alpha value is -4.32. The first-order chi connectivity index (χ1) is 20.4. The molecule has 1 aromatic heterocycles. The maximum atomic E-state index is 14.5. The van der Waals surface area contributed by atoms with Gasteiger partial charge in [-0.15, -0.1) is 0 Å². The molecular formula is C30H29ClF3N5O4. The third-order valence-corrected chi connectivity index (χ3v) is 8.17. The van der Waals surface area contributed by atoms with Gasteiger partial charge in [-0.3, -0.25) is 9.59 Å². The van der Waals surface area contributed by atoms with E-state index >= 15 is 0 Å². The normalized spacial score (nSPS) is 18.4. The van der Waals surface area contributed by atoms with E-state index in [0.717, 1.165) is 19.1 Å². The fourth-order valence-electron chi connectivity index (χ4n) is 5.14. The van der Waals surface area contributed by atoms with Crippen molar-refractivity contribution in [3.05, 3.63) is 69.6 Å². The maximum absolute atomic E-state index is 14.5. The van der Waals surface area contributed by atoms with E-state index in [0.29, 0.717) is 28.3 Å². The summed E-state index contributed by atoms with van der Waals surface area (Å²) < 4.78 is 51.0. The van der Waals surface area contributed by atoms with Gasteiger partial charge < -0.3 is 26.3 Å². The lowest BCUT2D eigenvalue weighted by Gasteiger charge is -2.22. The molecule has 3 aromatic rings. The number of methoxy groups -OCH3 is 1. The summed E-state index contributed by atoms with van der Waals surface area (Å²) in [5.41, 5.74) is 12.7. The Morgan fingerprint density at radius 2 is 2.02 bits per heavy atom. The number of halogens is 4. The molecule has 226 valence electrons. The number of alkyl halides is 2. The highest BCUT2D eigenvalue weighted by atomic mass is 35.5. The fraction of sp³-hybridized carbons (Fsp3) is 0.333. The van der Waals surface area contributed by atoms with E-state index < -0.39 is 29.6 Å². The number of ether oxygens (including phenoxy) is 2. The standard InChI is InChI=1S/C30H29ClF3N5O4/c1-30(28(36)41)13-43-26-19(30)10-22(39-25(26)15-5-6-20(31)21(32)8-15)18(14-3-4-14)12-37-27(40)16-7-17(11-38-29(33)34)24(35)23(9-16)42-2/h5-11,14,18,29H,3-4,12-13,35H2,1-2H3,(H2,36,41)(H,37,40)/b38-11+/t18-,30-/m0/s1. The zero-order chi connectivity index (χ0) is 31.1. The number of nitrogens with zero attached hydrogens (tertiary/aromatic N) is 2. The zero-order valence-corrected chi connectivity index (χ0v) is 24.1. The van der Waals surface area contributed by atoms with Crippen molar-refractivity contribution in [3.63, 3.8) is 0 Å². The van der Waals surface area contributed by atoms with Gasteiger partial charge in [-0.2, -0.15) is 8.78 Å². The molecule has 43 heavy (non-hydrogen) atoms. The van der Waals surface area contributed by atoms with Crippen molar-refractivity contribution in [1.82, 2.24) is 10.3 Å². The molecule has 2 aliphatic rings. The summed E-state index contributed by atoms with van der Waals surface area (Å²) in [6.45, 7) is -1.12. The molecule has 0 bridgehead atoms. The Morgan fingerprint density at radius 3 is 2.65 bits per heavy atom. The largest absolute Gasteiger partial charge is 0.495 e. The number of amides is 2. The SMILES string of the molecule is COc1cc(C(=O)NC[C@H](c2cc3c(c(-c4ccc(Cl)c(F)c4)n2)OC[C@]3(C)C(N)=O)C2CC2)cc(/C=N/C(F)F)c1N. The van der Waals surface area contributed by atoms with E-state index in [1.165, 1.54) is 31.4 Å². The Bertz CT molecular complexity index is 1630. The highest BCUT2D eigenvalue weighted by Crippen LogP contribution is 2.48. The van der Waals surface area contributed by atoms with Crippen molar-refractivity contribution in [2.24, 2.45) is 16.6 Å². The van der Waals surface area contributed by atoms with Crippen molar-refractivity contribution in [2.45, 2.75) is 37.6 Å². The van der Waals surface area contributed by atoms with Gasteiger partial charge in [0, 0.05) is 46.6 Å². The molecule has 9 nitrogen and oxygen atoms in total. The molecule has 1 aliphatic carbocycles. The number of rotatable bonds is 10. The van der Waals surface area contributed by atoms with E-state index in [1.807, 2.05) is 0 Å². The zero-order valence-electron chi connectivity index (χ0n) is 23.3. The van der Waals surface area contributed by atoms with Gasteiger partial charge >= 0.3 is 6.55 Å². The molecule has 1 saturated carbocycles. The van der Waals surface area contributed by atoms with Crippen LogP contribution in [0.1, 0.15) is 52.9 Å². The number of aliphatic imine (C=N–C) groups is 1. The van der Waals surface area contributed by atoms with E-state index in [1.54, 1.807) is 19.1 Å². The van der Waals surface area contributed by atoms with Crippen LogP contribution in [0.5, 0.6) is 11.5 Å². The van der Waals surface area contributed by atoms with Crippen LogP contribution in [0.4, 0.5) is 18.9 Å². The third kappa shape index (κ3) is 5.96. The molecule has 5 rings (SSSR count). The summed E-state index contributed by atoms with van der Waals surface area (Å²) in [5, 5.41) is 2.85. The van der Waals surface area contributed by atoms with Gasteiger partial charge in [0.15, 0.2) is 0 Å². The lowest BCUT2D eigenvalue weighted by atomic mass is 9.82. The molecule has 2 aromatic carbocycles. The first-order valence-corrected chi connectivity index (χ1v) is 13.8. The Balaban J connectivity index is 1.50. The van der Waals surface area contributed by atoms with Gasteiger partial charge in [0.2, 0.25) is 5.91 Å². The van der Waals surface area contributed by atoms with Crippen molar-refractivity contribution in [3.8, 4) is 22.8 Å². The smallest absolute Gasteiger partial charge is 0.331 e. The molecular weight excluding hydrogens is 587 g/mol. The van der Waals surface area contributed by atoms with Crippen LogP contribution < -0.4 is 26.3 Å². The van der Waals surface area contributed by atoms with Crippen LogP contribution in [-0.4, -0.2) is 49.8 Å². The number of nitrogen functional groups attached to an aromatic ring is 1. The molecule has 13 heteroatoms. The van der Waals surface area contributed by atoms with Crippen LogP contribution >= 0.6 is 11.6 Å². The molecule has 1 fully saturated rings. The monoisotopic (exact) mass is 615 g/mol. The summed E-state index contributed by atoms with van der Waals surface area (Å²) in [7, 11) is 1.34. The molecule has 2 heterocycles. The quantitative estimate of drug-likeness (QED) is 0.169. The van der Waals surface area contributed by atoms with Crippen LogP contribution in [0.15, 0.2) is 41.4 Å². The Morgan fingerprint density at radius 1 is 1.28 bits per heavy atom. The first kappa shape index (κ1) is 30.1. The molecule has 1 aliphatic heterocycles. The van der Waals surface area contributed by atoms with E-state index in [2.05, 4.69) is 10.3 Å². The van der Waals surface area contributed by atoms with Crippen molar-refractivity contribution >= 4 is 35.3 Å². The third-order valence-electron chi connectivity index (χ3n) is 7.87. The predicted octanol–water partition coefficient (Wildman–Crippen LogP) is 4.83. The second-order valence-corrected chi connectivity index (χ2v) is 11.2. The number of anilines is 1. The first-order valence-electron chi connectivity index (χ1n) is 13.4. The number of carbonyl (C=O) groups excluding carboxylic acids is 2. The van der Waals surface area contributed by atoms with Crippen LogP contribution in [0, 0.1) is 11.7 Å². The topological polar surface area (TPSA) is 142 Å². The minimum Gasteiger partial charge on any atom is -0.495 e. The van der Waals surface area contributed by atoms with E-state index in [4.69, 9.17) is 37.5 Å². The Labute approximate surface area is 250 Å². The lowest BCUT2D eigenvalue weighted by Crippen LogP contribution is -2.40. The van der Waals surface area contributed by atoms with Gasteiger partial charge in [-0.25, -0.2) is 14.4 Å². The predicted molar refractivity (Wildman–Crippen MR) is 155 cm³/mol. The van der Waals surface area contributed by atoms with Crippen LogP contribution in [-0.2, 0) is 10.2 Å². The van der Waals surface area contributed by atoms with E-state index in [-0.39, 0.29) is 52.6 Å². The number of aromatic nitrogens is 1. The summed E-state index contributed by atoms with van der Waals surface area (Å²) in [4.78, 5) is 33.7. The average molecular weight is 616 g/mol. The number of carbonyl (C=O) groups is 2. The molecule has 0 unspecified atom stereocenters. The lowest BCUT2D eigenvalue weighted by molar-refractivity contribution is -0.123. The van der Waals surface area contributed by atoms with E-state index in [9.17, 15) is 22.8 Å². The number of pyridine rings is 1. The number of nitrogens with one attached hydrogen (secondary N) is 1. The average Bonchev–Trinajstić information content (AvgIpc) is 3.75. The van der Waals surface area contributed by atoms with Gasteiger partial charge in [-0.1, -0.05) is 17.7 Å². The van der Waals surface area contributed by atoms with Crippen molar-refractivity contribution < 1.29 is 32.2 Å². The minimum absolute atomic E-state index is 0.00707. The highest BCUT2D eigenvalue weighted by Gasteiger charge is 2.45. The van der Waals surface area contributed by atoms with Crippen molar-refractivity contribution in [2.75, 3.05) is 26.0 Å². The number of nitrogens with two attached hydrogens (primary N) is 2. The highest BCUT2D eigenvalue weighted by molar-refractivity contribution is 6.30.